The number of carbonyl (C=O) groups is 1. The zero-order chi connectivity index (χ0) is 9.78. The van der Waals surface area contributed by atoms with E-state index >= 15 is 0 Å². The first-order valence-electron chi connectivity index (χ1n) is 3.20. The van der Waals surface area contributed by atoms with Gasteiger partial charge in [-0.25, -0.2) is 0 Å². The molecule has 0 radical (unpaired) electrons. The summed E-state index contributed by atoms with van der Waals surface area (Å²) in [5.41, 5.74) is 0. The van der Waals surface area contributed by atoms with Gasteiger partial charge in [0.25, 0.3) is 0 Å². The van der Waals surface area contributed by atoms with Gasteiger partial charge in [-0.15, -0.1) is 23.2 Å². The van der Waals surface area contributed by atoms with E-state index in [-0.39, 0.29) is 6.42 Å². The van der Waals surface area contributed by atoms with Gasteiger partial charge in [-0.3, -0.25) is 4.79 Å². The summed E-state index contributed by atoms with van der Waals surface area (Å²) < 4.78 is -1.44. The Bertz CT molecular complexity index is 160. The molecule has 1 atom stereocenters. The van der Waals surface area contributed by atoms with Gasteiger partial charge >= 0.3 is 5.97 Å². The van der Waals surface area contributed by atoms with Crippen LogP contribution in [-0.4, -0.2) is 26.7 Å². The number of halogens is 4. The zero-order valence-electron chi connectivity index (χ0n) is 6.07. The fraction of sp³-hybridized carbons (Fsp3) is 0.833. The van der Waals surface area contributed by atoms with Crippen LogP contribution < -0.4 is 0 Å². The van der Waals surface area contributed by atoms with Crippen LogP contribution in [0.1, 0.15) is 12.8 Å². The van der Waals surface area contributed by atoms with Crippen molar-refractivity contribution in [2.24, 2.45) is 0 Å². The molecular weight excluding hydrogens is 246 g/mol. The van der Waals surface area contributed by atoms with E-state index in [0.717, 1.165) is 0 Å². The Labute approximate surface area is 90.7 Å². The Morgan fingerprint density at radius 3 is 2.33 bits per heavy atom. The van der Waals surface area contributed by atoms with Crippen molar-refractivity contribution in [2.45, 2.75) is 22.6 Å². The van der Waals surface area contributed by atoms with Gasteiger partial charge in [0.15, 0.2) is 0 Å². The van der Waals surface area contributed by atoms with Crippen LogP contribution in [0.15, 0.2) is 0 Å². The third-order valence-corrected chi connectivity index (χ3v) is 3.03. The lowest BCUT2D eigenvalue weighted by Crippen LogP contribution is -2.29. The van der Waals surface area contributed by atoms with Gasteiger partial charge in [-0.2, -0.15) is 0 Å². The summed E-state index contributed by atoms with van der Waals surface area (Å²) in [6.45, 7) is 0. The van der Waals surface area contributed by atoms with Gasteiger partial charge in [0.2, 0.25) is 0 Å². The molecule has 0 saturated heterocycles. The van der Waals surface area contributed by atoms with E-state index in [1.165, 1.54) is 0 Å². The van der Waals surface area contributed by atoms with E-state index in [1.54, 1.807) is 0 Å². The normalized spacial score (nSPS) is 14.3. The molecule has 0 saturated carbocycles. The van der Waals surface area contributed by atoms with Crippen LogP contribution in [0, 0.1) is 0 Å². The molecule has 12 heavy (non-hydrogen) atoms. The maximum Gasteiger partial charge on any atom is 0.306 e. The molecule has 0 rings (SSSR count). The van der Waals surface area contributed by atoms with Crippen molar-refractivity contribution in [3.05, 3.63) is 0 Å². The molecule has 1 unspecified atom stereocenters. The molecule has 0 aromatic carbocycles. The van der Waals surface area contributed by atoms with Crippen molar-refractivity contribution in [3.63, 3.8) is 0 Å². The van der Waals surface area contributed by atoms with Crippen LogP contribution in [0.2, 0.25) is 0 Å². The molecule has 0 spiro atoms. The first-order valence-corrected chi connectivity index (χ1v) is 4.92. The van der Waals surface area contributed by atoms with E-state index in [0.29, 0.717) is 12.3 Å². The van der Waals surface area contributed by atoms with Crippen molar-refractivity contribution >= 4 is 52.4 Å². The van der Waals surface area contributed by atoms with Gasteiger partial charge in [0.05, 0.1) is 11.8 Å². The maximum atomic E-state index is 10.3. The maximum absolute atomic E-state index is 10.3. The van der Waals surface area contributed by atoms with Gasteiger partial charge in [-0.1, -0.05) is 23.2 Å². The number of carboxylic acid groups (broad SMARTS) is 1. The highest BCUT2D eigenvalue weighted by Gasteiger charge is 2.35. The van der Waals surface area contributed by atoms with Crippen LogP contribution >= 0.6 is 46.4 Å². The van der Waals surface area contributed by atoms with Gasteiger partial charge in [0.1, 0.15) is 4.33 Å². The fourth-order valence-electron chi connectivity index (χ4n) is 0.619. The van der Waals surface area contributed by atoms with E-state index < -0.39 is 15.7 Å². The second-order valence-corrected chi connectivity index (χ2v) is 4.72. The highest BCUT2D eigenvalue weighted by atomic mass is 35.5. The Balaban J connectivity index is 4.07. The zero-order valence-corrected chi connectivity index (χ0v) is 9.09. The minimum Gasteiger partial charge on any atom is -0.481 e. The van der Waals surface area contributed by atoms with E-state index in [9.17, 15) is 4.79 Å². The highest BCUT2D eigenvalue weighted by molar-refractivity contribution is 6.53. The molecule has 0 aliphatic heterocycles. The smallest absolute Gasteiger partial charge is 0.306 e. The van der Waals surface area contributed by atoms with Crippen LogP contribution in [-0.2, 0) is 4.79 Å². The summed E-state index contributed by atoms with van der Waals surface area (Å²) in [5, 5.41) is 7.76. The summed E-state index contributed by atoms with van der Waals surface area (Å²) in [7, 11) is 0. The van der Waals surface area contributed by atoms with Gasteiger partial charge < -0.3 is 5.11 Å². The summed E-state index contributed by atoms with van der Waals surface area (Å²) in [4.78, 5) is 10.3. The molecule has 0 aromatic rings. The van der Waals surface area contributed by atoms with E-state index in [1.807, 2.05) is 0 Å². The molecule has 0 aromatic heterocycles. The SMILES string of the molecule is O=C(O)CC(Cl)(Cl)C(Cl)CCCl. The molecule has 0 fully saturated rings. The Morgan fingerprint density at radius 1 is 1.50 bits per heavy atom. The highest BCUT2D eigenvalue weighted by Crippen LogP contribution is 2.34. The number of hydrogen-bond acceptors (Lipinski definition) is 1. The van der Waals surface area contributed by atoms with E-state index in [2.05, 4.69) is 0 Å². The Hall–Kier alpha value is 0.630. The minimum absolute atomic E-state index is 0.301. The first-order chi connectivity index (χ1) is 5.40. The van der Waals surface area contributed by atoms with Crippen LogP contribution in [0.4, 0.5) is 0 Å². The fourth-order valence-corrected chi connectivity index (χ4v) is 1.58. The lowest BCUT2D eigenvalue weighted by molar-refractivity contribution is -0.137. The summed E-state index contributed by atoms with van der Waals surface area (Å²) in [6, 6.07) is 0. The van der Waals surface area contributed by atoms with Gasteiger partial charge in [-0.05, 0) is 6.42 Å². The van der Waals surface area contributed by atoms with Crippen LogP contribution in [0.5, 0.6) is 0 Å². The molecule has 1 N–H and O–H groups in total. The minimum atomic E-state index is -1.44. The average Bonchev–Trinajstić information content (AvgIpc) is 1.85. The molecule has 2 nitrogen and oxygen atoms in total. The van der Waals surface area contributed by atoms with Crippen molar-refractivity contribution in [3.8, 4) is 0 Å². The largest absolute Gasteiger partial charge is 0.481 e. The second kappa shape index (κ2) is 5.38. The van der Waals surface area contributed by atoms with E-state index in [4.69, 9.17) is 51.5 Å². The first kappa shape index (κ1) is 12.6. The quantitative estimate of drug-likeness (QED) is 0.766. The topological polar surface area (TPSA) is 37.3 Å². The third kappa shape index (κ3) is 4.61. The second-order valence-electron chi connectivity index (χ2n) is 2.28. The Kier molecular flexibility index (Phi) is 5.66. The van der Waals surface area contributed by atoms with Gasteiger partial charge in [0, 0.05) is 5.88 Å². The van der Waals surface area contributed by atoms with Crippen molar-refractivity contribution < 1.29 is 9.90 Å². The molecule has 72 valence electrons. The number of rotatable bonds is 5. The Morgan fingerprint density at radius 2 is 2.00 bits per heavy atom. The molecule has 6 heteroatoms. The molecule has 0 amide bonds. The monoisotopic (exact) mass is 252 g/mol. The summed E-state index contributed by atoms with van der Waals surface area (Å²) in [6.07, 6.45) is -0.00937. The molecule has 0 aliphatic carbocycles. The molecule has 0 bridgehead atoms. The van der Waals surface area contributed by atoms with Crippen molar-refractivity contribution in [1.29, 1.82) is 0 Å². The predicted octanol–water partition coefficient (Wildman–Crippen LogP) is 2.87. The average molecular weight is 254 g/mol. The lowest BCUT2D eigenvalue weighted by atomic mass is 10.2. The third-order valence-electron chi connectivity index (χ3n) is 1.21. The summed E-state index contributed by atoms with van der Waals surface area (Å²) >= 11 is 22.4. The van der Waals surface area contributed by atoms with Crippen molar-refractivity contribution in [1.82, 2.24) is 0 Å². The van der Waals surface area contributed by atoms with Crippen LogP contribution in [0.25, 0.3) is 0 Å². The van der Waals surface area contributed by atoms with Crippen molar-refractivity contribution in [2.75, 3.05) is 5.88 Å². The predicted molar refractivity (Wildman–Crippen MR) is 51.7 cm³/mol. The summed E-state index contributed by atoms with van der Waals surface area (Å²) in [5.74, 6) is -0.783. The number of aliphatic carboxylic acids is 1. The molecule has 0 heterocycles. The standard InChI is InChI=1S/C6H8Cl4O2/c7-2-1-4(8)6(9,10)3-5(11)12/h4H,1-3H2,(H,11,12). The molecule has 0 aliphatic rings. The number of hydrogen-bond donors (Lipinski definition) is 1. The van der Waals surface area contributed by atoms with Crippen LogP contribution in [0.3, 0.4) is 0 Å². The number of alkyl halides is 4. The number of carboxylic acids is 1. The lowest BCUT2D eigenvalue weighted by Gasteiger charge is -2.22. The molecular formula is C6H8Cl4O2.